The third kappa shape index (κ3) is 4.55. The van der Waals surface area contributed by atoms with Gasteiger partial charge in [-0.15, -0.1) is 0 Å². The number of carboxylic acid groups (broad SMARTS) is 1. The van der Waals surface area contributed by atoms with E-state index in [4.69, 9.17) is 5.11 Å². The van der Waals surface area contributed by atoms with Gasteiger partial charge in [0.1, 0.15) is 0 Å². The Kier molecular flexibility index (Phi) is 5.95. The van der Waals surface area contributed by atoms with E-state index >= 15 is 0 Å². The van der Waals surface area contributed by atoms with Crippen molar-refractivity contribution in [1.29, 1.82) is 0 Å². The van der Waals surface area contributed by atoms with Crippen LogP contribution in [-0.2, 0) is 4.79 Å². The van der Waals surface area contributed by atoms with E-state index in [0.29, 0.717) is 12.5 Å². The molecule has 1 aliphatic carbocycles. The van der Waals surface area contributed by atoms with Gasteiger partial charge in [0.05, 0.1) is 5.92 Å². The molecule has 1 unspecified atom stereocenters. The number of urea groups is 1. The first-order valence-corrected chi connectivity index (χ1v) is 6.87. The smallest absolute Gasteiger partial charge is 0.317 e. The van der Waals surface area contributed by atoms with Crippen molar-refractivity contribution in [3.05, 3.63) is 0 Å². The van der Waals surface area contributed by atoms with Gasteiger partial charge in [-0.2, -0.15) is 0 Å². The Labute approximate surface area is 109 Å². The highest BCUT2D eigenvalue weighted by atomic mass is 16.4. The summed E-state index contributed by atoms with van der Waals surface area (Å²) in [6.45, 7) is 4.91. The number of nitrogens with one attached hydrogen (secondary N) is 1. The fourth-order valence-electron chi connectivity index (χ4n) is 1.88. The Balaban J connectivity index is 2.38. The molecule has 2 amide bonds. The third-order valence-electron chi connectivity index (χ3n) is 3.34. The van der Waals surface area contributed by atoms with Crippen molar-refractivity contribution in [2.75, 3.05) is 13.1 Å². The summed E-state index contributed by atoms with van der Waals surface area (Å²) >= 11 is 0. The average Bonchev–Trinajstić information content (AvgIpc) is 3.14. The van der Waals surface area contributed by atoms with Crippen LogP contribution < -0.4 is 5.32 Å². The van der Waals surface area contributed by atoms with Crippen molar-refractivity contribution in [2.24, 2.45) is 5.92 Å². The summed E-state index contributed by atoms with van der Waals surface area (Å²) in [6.07, 6.45) is 4.75. The van der Waals surface area contributed by atoms with E-state index in [0.717, 1.165) is 32.2 Å². The molecule has 1 fully saturated rings. The van der Waals surface area contributed by atoms with Gasteiger partial charge < -0.3 is 15.3 Å². The van der Waals surface area contributed by atoms with Crippen LogP contribution in [0.3, 0.4) is 0 Å². The summed E-state index contributed by atoms with van der Waals surface area (Å²) in [4.78, 5) is 24.7. The molecule has 1 rings (SSSR count). The molecule has 0 aromatic heterocycles. The number of carbonyl (C=O) groups is 2. The first-order chi connectivity index (χ1) is 8.60. The zero-order valence-electron chi connectivity index (χ0n) is 11.3. The van der Waals surface area contributed by atoms with Crippen molar-refractivity contribution in [1.82, 2.24) is 10.2 Å². The molecule has 0 spiro atoms. The highest BCUT2D eigenvalue weighted by molar-refractivity contribution is 5.76. The lowest BCUT2D eigenvalue weighted by molar-refractivity contribution is -0.141. The summed E-state index contributed by atoms with van der Waals surface area (Å²) in [5.41, 5.74) is 0. The van der Waals surface area contributed by atoms with E-state index in [-0.39, 0.29) is 12.6 Å². The topological polar surface area (TPSA) is 69.6 Å². The molecular formula is C13H24N2O3. The molecule has 18 heavy (non-hydrogen) atoms. The minimum absolute atomic E-state index is 0.106. The van der Waals surface area contributed by atoms with Crippen molar-refractivity contribution in [2.45, 2.75) is 52.0 Å². The number of nitrogens with zero attached hydrogens (tertiary/aromatic N) is 1. The van der Waals surface area contributed by atoms with E-state index in [1.165, 1.54) is 0 Å². The maximum absolute atomic E-state index is 12.0. The lowest BCUT2D eigenvalue weighted by Crippen LogP contribution is -2.44. The number of carbonyl (C=O) groups excluding carboxylic acids is 1. The summed E-state index contributed by atoms with van der Waals surface area (Å²) in [6, 6.07) is 0.270. The quantitative estimate of drug-likeness (QED) is 0.698. The van der Waals surface area contributed by atoms with E-state index < -0.39 is 11.9 Å². The Hall–Kier alpha value is -1.26. The fourth-order valence-corrected chi connectivity index (χ4v) is 1.88. The number of amides is 2. The molecule has 0 heterocycles. The molecule has 104 valence electrons. The van der Waals surface area contributed by atoms with Crippen LogP contribution >= 0.6 is 0 Å². The molecule has 1 atom stereocenters. The number of carboxylic acids is 1. The molecule has 0 bridgehead atoms. The van der Waals surface area contributed by atoms with Crippen LogP contribution in [0.5, 0.6) is 0 Å². The highest BCUT2D eigenvalue weighted by Crippen LogP contribution is 2.27. The molecule has 0 radical (unpaired) electrons. The first-order valence-electron chi connectivity index (χ1n) is 6.87. The van der Waals surface area contributed by atoms with Crippen LogP contribution in [0.4, 0.5) is 4.79 Å². The normalized spacial score (nSPS) is 16.1. The monoisotopic (exact) mass is 256 g/mol. The average molecular weight is 256 g/mol. The van der Waals surface area contributed by atoms with Gasteiger partial charge in [0.2, 0.25) is 0 Å². The van der Waals surface area contributed by atoms with Crippen molar-refractivity contribution in [3.63, 3.8) is 0 Å². The van der Waals surface area contributed by atoms with Crippen LogP contribution in [0.25, 0.3) is 0 Å². The molecule has 0 aromatic carbocycles. The summed E-state index contributed by atoms with van der Waals surface area (Å²) in [5, 5.41) is 11.7. The van der Waals surface area contributed by atoms with Gasteiger partial charge in [-0.05, 0) is 25.7 Å². The van der Waals surface area contributed by atoms with E-state index in [9.17, 15) is 9.59 Å². The zero-order chi connectivity index (χ0) is 13.5. The highest BCUT2D eigenvalue weighted by Gasteiger charge is 2.32. The SMILES string of the molecule is CCCCN(C(=O)NCC(CC)C(=O)O)C1CC1. The first kappa shape index (κ1) is 14.8. The second-order valence-corrected chi connectivity index (χ2v) is 4.91. The van der Waals surface area contributed by atoms with Crippen molar-refractivity contribution in [3.8, 4) is 0 Å². The predicted octanol–water partition coefficient (Wildman–Crippen LogP) is 2.07. The maximum atomic E-state index is 12.0. The Morgan fingerprint density at radius 1 is 1.39 bits per heavy atom. The summed E-state index contributed by atoms with van der Waals surface area (Å²) < 4.78 is 0. The van der Waals surface area contributed by atoms with Crippen LogP contribution in [0, 0.1) is 5.92 Å². The second-order valence-electron chi connectivity index (χ2n) is 4.91. The van der Waals surface area contributed by atoms with Crippen LogP contribution in [0.1, 0.15) is 46.0 Å². The molecule has 2 N–H and O–H groups in total. The van der Waals surface area contributed by atoms with Gasteiger partial charge in [0.15, 0.2) is 0 Å². The number of unbranched alkanes of at least 4 members (excludes halogenated alkanes) is 1. The maximum Gasteiger partial charge on any atom is 0.317 e. The summed E-state index contributed by atoms with van der Waals surface area (Å²) in [7, 11) is 0. The molecule has 5 heteroatoms. The van der Waals surface area contributed by atoms with Gasteiger partial charge in [-0.25, -0.2) is 4.79 Å². The van der Waals surface area contributed by atoms with Crippen LogP contribution in [-0.4, -0.2) is 41.1 Å². The molecule has 1 saturated carbocycles. The summed E-state index contributed by atoms with van der Waals surface area (Å²) in [5.74, 6) is -1.33. The fraction of sp³-hybridized carbons (Fsp3) is 0.846. The lowest BCUT2D eigenvalue weighted by atomic mass is 10.1. The molecule has 0 aliphatic heterocycles. The lowest BCUT2D eigenvalue weighted by Gasteiger charge is -2.23. The van der Waals surface area contributed by atoms with Gasteiger partial charge in [-0.3, -0.25) is 4.79 Å². The van der Waals surface area contributed by atoms with Crippen LogP contribution in [0.2, 0.25) is 0 Å². The van der Waals surface area contributed by atoms with E-state index in [2.05, 4.69) is 12.2 Å². The molecular weight excluding hydrogens is 232 g/mol. The van der Waals surface area contributed by atoms with Crippen molar-refractivity contribution >= 4 is 12.0 Å². The van der Waals surface area contributed by atoms with Crippen molar-refractivity contribution < 1.29 is 14.7 Å². The standard InChI is InChI=1S/C13H24N2O3/c1-3-5-8-15(11-6-7-11)13(18)14-9-10(4-2)12(16)17/h10-11H,3-9H2,1-2H3,(H,14,18)(H,16,17). The largest absolute Gasteiger partial charge is 0.481 e. The Morgan fingerprint density at radius 3 is 2.50 bits per heavy atom. The van der Waals surface area contributed by atoms with Gasteiger partial charge >= 0.3 is 12.0 Å². The minimum atomic E-state index is -0.843. The third-order valence-corrected chi connectivity index (χ3v) is 3.34. The van der Waals surface area contributed by atoms with Gasteiger partial charge in [0.25, 0.3) is 0 Å². The zero-order valence-corrected chi connectivity index (χ0v) is 11.3. The van der Waals surface area contributed by atoms with E-state index in [1.54, 1.807) is 0 Å². The minimum Gasteiger partial charge on any atom is -0.481 e. The number of hydrogen-bond donors (Lipinski definition) is 2. The Morgan fingerprint density at radius 2 is 2.06 bits per heavy atom. The predicted molar refractivity (Wildman–Crippen MR) is 69.5 cm³/mol. The van der Waals surface area contributed by atoms with E-state index in [1.807, 2.05) is 11.8 Å². The second kappa shape index (κ2) is 7.24. The van der Waals surface area contributed by atoms with Gasteiger partial charge in [-0.1, -0.05) is 20.3 Å². The number of aliphatic carboxylic acids is 1. The van der Waals surface area contributed by atoms with Gasteiger partial charge in [0, 0.05) is 19.1 Å². The molecule has 1 aliphatic rings. The number of hydrogen-bond acceptors (Lipinski definition) is 2. The van der Waals surface area contributed by atoms with Crippen LogP contribution in [0.15, 0.2) is 0 Å². The molecule has 5 nitrogen and oxygen atoms in total. The number of rotatable bonds is 8. The molecule has 0 saturated heterocycles. The Bertz CT molecular complexity index is 290. The molecule has 0 aromatic rings.